The molecule has 0 fully saturated rings. The van der Waals surface area contributed by atoms with E-state index in [9.17, 15) is 4.79 Å². The molecule has 2 nitrogen and oxygen atoms in total. The number of halogens is 2. The Kier molecular flexibility index (Phi) is 5.05. The van der Waals surface area contributed by atoms with Crippen LogP contribution in [-0.4, -0.2) is 11.3 Å². The standard InChI is InChI=1S/C11H10Br2O2/c1-2-8(7-12)11(14)15-10-5-3-9(13)4-6-10/h2-6H,7H2,1H3. The molecule has 0 unspecified atom stereocenters. The van der Waals surface area contributed by atoms with Gasteiger partial charge in [0, 0.05) is 15.4 Å². The quantitative estimate of drug-likeness (QED) is 0.365. The smallest absolute Gasteiger partial charge is 0.339 e. The molecule has 1 aromatic rings. The highest BCUT2D eigenvalue weighted by Gasteiger charge is 2.09. The summed E-state index contributed by atoms with van der Waals surface area (Å²) < 4.78 is 6.11. The van der Waals surface area contributed by atoms with Crippen LogP contribution in [0.1, 0.15) is 6.92 Å². The summed E-state index contributed by atoms with van der Waals surface area (Å²) in [6.07, 6.45) is 1.73. The number of benzene rings is 1. The summed E-state index contributed by atoms with van der Waals surface area (Å²) in [4.78, 5) is 11.5. The van der Waals surface area contributed by atoms with Gasteiger partial charge in [0.1, 0.15) is 5.75 Å². The van der Waals surface area contributed by atoms with E-state index in [1.807, 2.05) is 12.1 Å². The summed E-state index contributed by atoms with van der Waals surface area (Å²) in [5.74, 6) is 0.222. The van der Waals surface area contributed by atoms with Gasteiger partial charge in [-0.15, -0.1) is 0 Å². The molecule has 0 spiro atoms. The molecular formula is C11H10Br2O2. The average Bonchev–Trinajstić information content (AvgIpc) is 2.23. The fraction of sp³-hybridized carbons (Fsp3) is 0.182. The number of esters is 1. The zero-order chi connectivity index (χ0) is 11.3. The zero-order valence-corrected chi connectivity index (χ0v) is 11.3. The van der Waals surface area contributed by atoms with Gasteiger partial charge < -0.3 is 4.74 Å². The van der Waals surface area contributed by atoms with Crippen molar-refractivity contribution in [2.75, 3.05) is 5.33 Å². The van der Waals surface area contributed by atoms with Gasteiger partial charge in [-0.1, -0.05) is 37.9 Å². The molecule has 1 aromatic carbocycles. The van der Waals surface area contributed by atoms with Crippen LogP contribution in [0.3, 0.4) is 0 Å². The van der Waals surface area contributed by atoms with E-state index < -0.39 is 0 Å². The molecule has 1 rings (SSSR count). The number of rotatable bonds is 3. The van der Waals surface area contributed by atoms with E-state index in [0.29, 0.717) is 16.7 Å². The molecule has 0 atom stereocenters. The maximum Gasteiger partial charge on any atom is 0.339 e. The van der Waals surface area contributed by atoms with Gasteiger partial charge in [0.25, 0.3) is 0 Å². The predicted octanol–water partition coefficient (Wildman–Crippen LogP) is 3.70. The predicted molar refractivity (Wildman–Crippen MR) is 67.3 cm³/mol. The first-order valence-electron chi connectivity index (χ1n) is 4.36. The number of hydrogen-bond acceptors (Lipinski definition) is 2. The zero-order valence-electron chi connectivity index (χ0n) is 8.17. The number of carbonyl (C=O) groups excluding carboxylic acids is 1. The Morgan fingerprint density at radius 3 is 2.47 bits per heavy atom. The average molecular weight is 334 g/mol. The number of allylic oxidation sites excluding steroid dienone is 1. The van der Waals surface area contributed by atoms with Crippen molar-refractivity contribution >= 4 is 37.8 Å². The van der Waals surface area contributed by atoms with Crippen molar-refractivity contribution in [1.29, 1.82) is 0 Å². The van der Waals surface area contributed by atoms with Gasteiger partial charge >= 0.3 is 5.97 Å². The minimum Gasteiger partial charge on any atom is -0.423 e. The molecule has 15 heavy (non-hydrogen) atoms. The number of ether oxygens (including phenoxy) is 1. The Balaban J connectivity index is 2.70. The normalized spacial score (nSPS) is 11.3. The molecule has 0 heterocycles. The third-order valence-electron chi connectivity index (χ3n) is 1.78. The van der Waals surface area contributed by atoms with Crippen molar-refractivity contribution in [2.24, 2.45) is 0 Å². The molecule has 0 aliphatic heterocycles. The van der Waals surface area contributed by atoms with Crippen molar-refractivity contribution in [1.82, 2.24) is 0 Å². The van der Waals surface area contributed by atoms with Crippen molar-refractivity contribution in [3.05, 3.63) is 40.4 Å². The molecule has 0 aromatic heterocycles. The second kappa shape index (κ2) is 6.08. The van der Waals surface area contributed by atoms with Crippen molar-refractivity contribution < 1.29 is 9.53 Å². The van der Waals surface area contributed by atoms with Gasteiger partial charge in [0.2, 0.25) is 0 Å². The van der Waals surface area contributed by atoms with Crippen molar-refractivity contribution in [3.8, 4) is 5.75 Å². The molecule has 4 heteroatoms. The lowest BCUT2D eigenvalue weighted by Crippen LogP contribution is -2.11. The fourth-order valence-electron chi connectivity index (χ4n) is 0.925. The largest absolute Gasteiger partial charge is 0.423 e. The maximum atomic E-state index is 11.5. The Morgan fingerprint density at radius 1 is 1.40 bits per heavy atom. The first-order chi connectivity index (χ1) is 7.17. The molecule has 0 aliphatic rings. The van der Waals surface area contributed by atoms with Crippen LogP contribution in [0.4, 0.5) is 0 Å². The van der Waals surface area contributed by atoms with Crippen LogP contribution >= 0.6 is 31.9 Å². The Morgan fingerprint density at radius 2 is 2.00 bits per heavy atom. The molecule has 0 N–H and O–H groups in total. The second-order valence-corrected chi connectivity index (χ2v) is 4.27. The highest BCUT2D eigenvalue weighted by atomic mass is 79.9. The molecule has 0 amide bonds. The summed E-state index contributed by atoms with van der Waals surface area (Å²) >= 11 is 6.53. The van der Waals surface area contributed by atoms with Crippen LogP contribution in [0.25, 0.3) is 0 Å². The first kappa shape index (κ1) is 12.5. The van der Waals surface area contributed by atoms with E-state index in [1.165, 1.54) is 0 Å². The molecule has 0 bridgehead atoms. The molecular weight excluding hydrogens is 324 g/mol. The Bertz CT molecular complexity index is 369. The molecule has 0 radical (unpaired) electrons. The number of carbonyl (C=O) groups is 1. The molecule has 80 valence electrons. The lowest BCUT2D eigenvalue weighted by molar-refractivity contribution is -0.130. The number of hydrogen-bond donors (Lipinski definition) is 0. The van der Waals surface area contributed by atoms with Gasteiger partial charge in [0.05, 0.1) is 0 Å². The van der Waals surface area contributed by atoms with Crippen LogP contribution in [0.5, 0.6) is 5.75 Å². The third-order valence-corrected chi connectivity index (χ3v) is 2.91. The third kappa shape index (κ3) is 3.80. The van der Waals surface area contributed by atoms with Gasteiger partial charge in [-0.3, -0.25) is 0 Å². The van der Waals surface area contributed by atoms with Crippen LogP contribution in [0.2, 0.25) is 0 Å². The van der Waals surface area contributed by atoms with Gasteiger partial charge in [-0.05, 0) is 31.2 Å². The van der Waals surface area contributed by atoms with E-state index in [0.717, 1.165) is 4.47 Å². The van der Waals surface area contributed by atoms with Crippen molar-refractivity contribution in [3.63, 3.8) is 0 Å². The van der Waals surface area contributed by atoms with Gasteiger partial charge in [0.15, 0.2) is 0 Å². The van der Waals surface area contributed by atoms with Crippen LogP contribution in [-0.2, 0) is 4.79 Å². The van der Waals surface area contributed by atoms with Gasteiger partial charge in [-0.2, -0.15) is 0 Å². The first-order valence-corrected chi connectivity index (χ1v) is 6.27. The summed E-state index contributed by atoms with van der Waals surface area (Å²) in [6.45, 7) is 1.80. The van der Waals surface area contributed by atoms with Crippen LogP contribution in [0, 0.1) is 0 Å². The summed E-state index contributed by atoms with van der Waals surface area (Å²) in [7, 11) is 0. The molecule has 0 aliphatic carbocycles. The Hall–Kier alpha value is -0.610. The Labute approximate surface area is 106 Å². The van der Waals surface area contributed by atoms with E-state index in [-0.39, 0.29) is 5.97 Å². The van der Waals surface area contributed by atoms with Crippen molar-refractivity contribution in [2.45, 2.75) is 6.92 Å². The summed E-state index contributed by atoms with van der Waals surface area (Å²) in [6, 6.07) is 7.13. The van der Waals surface area contributed by atoms with E-state index >= 15 is 0 Å². The minimum absolute atomic E-state index is 0.323. The molecule has 0 saturated carbocycles. The van der Waals surface area contributed by atoms with E-state index in [1.54, 1.807) is 25.1 Å². The lowest BCUT2D eigenvalue weighted by atomic mass is 10.3. The maximum absolute atomic E-state index is 11.5. The van der Waals surface area contributed by atoms with Crippen LogP contribution < -0.4 is 4.74 Å². The van der Waals surface area contributed by atoms with Crippen LogP contribution in [0.15, 0.2) is 40.4 Å². The number of alkyl halides is 1. The highest BCUT2D eigenvalue weighted by Crippen LogP contribution is 2.17. The van der Waals surface area contributed by atoms with E-state index in [4.69, 9.17) is 4.74 Å². The minimum atomic E-state index is -0.323. The second-order valence-electron chi connectivity index (χ2n) is 2.79. The lowest BCUT2D eigenvalue weighted by Gasteiger charge is -2.04. The van der Waals surface area contributed by atoms with Gasteiger partial charge in [-0.25, -0.2) is 4.79 Å². The molecule has 0 saturated heterocycles. The highest BCUT2D eigenvalue weighted by molar-refractivity contribution is 9.10. The fourth-order valence-corrected chi connectivity index (χ4v) is 1.74. The SMILES string of the molecule is CC=C(CBr)C(=O)Oc1ccc(Br)cc1. The summed E-state index contributed by atoms with van der Waals surface area (Å²) in [5, 5.41) is 0.499. The van der Waals surface area contributed by atoms with E-state index in [2.05, 4.69) is 31.9 Å². The topological polar surface area (TPSA) is 26.3 Å². The monoisotopic (exact) mass is 332 g/mol. The summed E-state index contributed by atoms with van der Waals surface area (Å²) in [5.41, 5.74) is 0.609.